The molecule has 0 spiro atoms. The van der Waals surface area contributed by atoms with Gasteiger partial charge in [0.2, 0.25) is 10.0 Å². The van der Waals surface area contributed by atoms with E-state index in [1.165, 1.54) is 22.5 Å². The lowest BCUT2D eigenvalue weighted by atomic mass is 9.98. The van der Waals surface area contributed by atoms with Crippen LogP contribution < -0.4 is 0 Å². The van der Waals surface area contributed by atoms with Crippen LogP contribution in [0.3, 0.4) is 0 Å². The highest BCUT2D eigenvalue weighted by atomic mass is 32.2. The van der Waals surface area contributed by atoms with Gasteiger partial charge in [-0.15, -0.1) is 0 Å². The Kier molecular flexibility index (Phi) is 5.80. The fourth-order valence-corrected chi connectivity index (χ4v) is 6.45. The second-order valence-corrected chi connectivity index (χ2v) is 10.5. The van der Waals surface area contributed by atoms with Gasteiger partial charge in [0, 0.05) is 48.8 Å². The van der Waals surface area contributed by atoms with Gasteiger partial charge < -0.3 is 9.88 Å². The molecule has 2 aliphatic rings. The van der Waals surface area contributed by atoms with Crippen LogP contribution in [0.5, 0.6) is 0 Å². The van der Waals surface area contributed by atoms with Crippen LogP contribution in [0.4, 0.5) is 4.39 Å². The van der Waals surface area contributed by atoms with Crippen molar-refractivity contribution >= 4 is 32.4 Å². The normalized spacial score (nSPS) is 17.8. The Balaban J connectivity index is 1.39. The van der Waals surface area contributed by atoms with Gasteiger partial charge >= 0.3 is 0 Å². The molecule has 2 aliphatic heterocycles. The second-order valence-electron chi connectivity index (χ2n) is 8.58. The van der Waals surface area contributed by atoms with Gasteiger partial charge in [-0.1, -0.05) is 24.6 Å². The van der Waals surface area contributed by atoms with Crippen molar-refractivity contribution in [2.75, 3.05) is 26.2 Å². The zero-order valence-corrected chi connectivity index (χ0v) is 19.1. The van der Waals surface area contributed by atoms with Crippen LogP contribution in [0.1, 0.15) is 41.6 Å². The predicted molar refractivity (Wildman–Crippen MR) is 126 cm³/mol. The minimum Gasteiger partial charge on any atom is -0.360 e. The molecule has 1 N–H and O–H groups in total. The highest BCUT2D eigenvalue weighted by Gasteiger charge is 2.31. The summed E-state index contributed by atoms with van der Waals surface area (Å²) < 4.78 is 41.5. The Morgan fingerprint density at radius 3 is 2.55 bits per heavy atom. The summed E-state index contributed by atoms with van der Waals surface area (Å²) in [5, 5.41) is 0.945. The molecule has 0 unspecified atom stereocenters. The van der Waals surface area contributed by atoms with Gasteiger partial charge in [0.1, 0.15) is 5.82 Å². The fraction of sp³-hybridized carbons (Fsp3) is 0.320. The molecule has 0 saturated carbocycles. The molecule has 1 amide bonds. The monoisotopic (exact) mass is 467 g/mol. The van der Waals surface area contributed by atoms with E-state index in [0.29, 0.717) is 32.6 Å². The van der Waals surface area contributed by atoms with E-state index in [4.69, 9.17) is 0 Å². The second kappa shape index (κ2) is 8.76. The topological polar surface area (TPSA) is 73.5 Å². The van der Waals surface area contributed by atoms with Gasteiger partial charge in [0.05, 0.1) is 10.5 Å². The van der Waals surface area contributed by atoms with E-state index in [1.54, 1.807) is 29.2 Å². The molecule has 1 saturated heterocycles. The molecule has 0 radical (unpaired) electrons. The number of carbonyl (C=O) groups is 1. The Morgan fingerprint density at radius 2 is 1.79 bits per heavy atom. The Morgan fingerprint density at radius 1 is 1.00 bits per heavy atom. The maximum absolute atomic E-state index is 13.5. The van der Waals surface area contributed by atoms with E-state index < -0.39 is 10.0 Å². The third-order valence-electron chi connectivity index (χ3n) is 6.54. The van der Waals surface area contributed by atoms with Gasteiger partial charge in [0.25, 0.3) is 5.91 Å². The molecule has 8 heteroatoms. The number of carbonyl (C=O) groups excluding carboxylic acids is 1. The van der Waals surface area contributed by atoms with Crippen LogP contribution in [0.15, 0.2) is 59.6 Å². The number of halogens is 1. The lowest BCUT2D eigenvalue weighted by Gasteiger charge is -2.29. The van der Waals surface area contributed by atoms with Crippen molar-refractivity contribution in [1.29, 1.82) is 0 Å². The zero-order chi connectivity index (χ0) is 23.0. The molecule has 2 aromatic carbocycles. The number of piperidine rings is 1. The van der Waals surface area contributed by atoms with Crippen LogP contribution in [0.2, 0.25) is 0 Å². The molecular formula is C25H26FN3O3S. The average Bonchev–Trinajstić information content (AvgIpc) is 3.27. The van der Waals surface area contributed by atoms with Crippen LogP contribution in [-0.2, 0) is 10.0 Å². The maximum atomic E-state index is 13.5. The first-order valence-corrected chi connectivity index (χ1v) is 12.7. The summed E-state index contributed by atoms with van der Waals surface area (Å²) >= 11 is 0. The van der Waals surface area contributed by atoms with Crippen molar-refractivity contribution in [2.24, 2.45) is 0 Å². The van der Waals surface area contributed by atoms with E-state index >= 15 is 0 Å². The van der Waals surface area contributed by atoms with Crippen LogP contribution in [-0.4, -0.2) is 54.7 Å². The molecule has 3 aromatic rings. The summed E-state index contributed by atoms with van der Waals surface area (Å²) in [7, 11) is -3.71. The first-order chi connectivity index (χ1) is 15.9. The van der Waals surface area contributed by atoms with Crippen molar-refractivity contribution in [3.05, 3.63) is 71.7 Å². The van der Waals surface area contributed by atoms with Gasteiger partial charge in [-0.05, 0) is 55.2 Å². The van der Waals surface area contributed by atoms with Gasteiger partial charge in [-0.2, -0.15) is 4.31 Å². The Labute approximate surface area is 192 Å². The number of benzene rings is 2. The summed E-state index contributed by atoms with van der Waals surface area (Å²) in [6.45, 7) is 1.86. The molecular weight excluding hydrogens is 441 g/mol. The number of fused-ring (bicyclic) bond motifs is 1. The Hall–Kier alpha value is -2.97. The molecule has 6 nitrogen and oxygen atoms in total. The number of H-pyrrole nitrogens is 1. The first kappa shape index (κ1) is 21.9. The van der Waals surface area contributed by atoms with Crippen LogP contribution >= 0.6 is 0 Å². The third-order valence-corrected chi connectivity index (χ3v) is 8.49. The molecule has 172 valence electrons. The third kappa shape index (κ3) is 4.09. The summed E-state index contributed by atoms with van der Waals surface area (Å²) in [6.07, 6.45) is 7.21. The van der Waals surface area contributed by atoms with Crippen molar-refractivity contribution in [1.82, 2.24) is 14.2 Å². The highest BCUT2D eigenvalue weighted by molar-refractivity contribution is 7.89. The van der Waals surface area contributed by atoms with Crippen molar-refractivity contribution in [3.63, 3.8) is 0 Å². The number of rotatable bonds is 4. The largest absolute Gasteiger partial charge is 0.360 e. The van der Waals surface area contributed by atoms with Crippen LogP contribution in [0.25, 0.3) is 16.5 Å². The number of aromatic nitrogens is 1. The van der Waals surface area contributed by atoms with E-state index in [1.807, 2.05) is 12.3 Å². The van der Waals surface area contributed by atoms with Crippen molar-refractivity contribution in [2.45, 2.75) is 30.6 Å². The average molecular weight is 468 g/mol. The van der Waals surface area contributed by atoms with Crippen molar-refractivity contribution in [3.8, 4) is 0 Å². The van der Waals surface area contributed by atoms with Crippen LogP contribution in [0, 0.1) is 5.82 Å². The standard InChI is InChI=1S/C25H26FN3O3S/c26-19-8-9-20-22(17-27-23(20)16-19)18-10-14-28(15-11-18)25(30)21-6-2-3-7-24(21)33(31,32)29-12-4-1-5-13-29/h2-3,6-10,16-17,27H,1,4-5,11-15H2. The fourth-order valence-electron chi connectivity index (χ4n) is 4.75. The SMILES string of the molecule is O=C(c1ccccc1S(=O)(=O)N1CCCCC1)N1CC=C(c2c[nH]c3cc(F)ccc23)CC1. The van der Waals surface area contributed by atoms with E-state index in [-0.39, 0.29) is 22.2 Å². The van der Waals surface area contributed by atoms with E-state index in [2.05, 4.69) is 4.98 Å². The van der Waals surface area contributed by atoms with Gasteiger partial charge in [-0.3, -0.25) is 4.79 Å². The summed E-state index contributed by atoms with van der Waals surface area (Å²) in [5.74, 6) is -0.564. The first-order valence-electron chi connectivity index (χ1n) is 11.3. The number of nitrogens with zero attached hydrogens (tertiary/aromatic N) is 2. The minimum absolute atomic E-state index is 0.0883. The summed E-state index contributed by atoms with van der Waals surface area (Å²) in [5.41, 5.74) is 3.06. The Bertz CT molecular complexity index is 1340. The predicted octanol–water partition coefficient (Wildman–Crippen LogP) is 4.41. The van der Waals surface area contributed by atoms with Gasteiger partial charge in [-0.25, -0.2) is 12.8 Å². The van der Waals surface area contributed by atoms with Gasteiger partial charge in [0.15, 0.2) is 0 Å². The number of sulfonamides is 1. The number of nitrogens with one attached hydrogen (secondary N) is 1. The molecule has 1 fully saturated rings. The van der Waals surface area contributed by atoms with E-state index in [0.717, 1.165) is 41.3 Å². The number of hydrogen-bond acceptors (Lipinski definition) is 3. The molecule has 33 heavy (non-hydrogen) atoms. The number of hydrogen-bond donors (Lipinski definition) is 1. The van der Waals surface area contributed by atoms with E-state index in [9.17, 15) is 17.6 Å². The minimum atomic E-state index is -3.71. The number of amides is 1. The lowest BCUT2D eigenvalue weighted by molar-refractivity contribution is 0.0769. The smallest absolute Gasteiger partial charge is 0.255 e. The zero-order valence-electron chi connectivity index (χ0n) is 18.3. The van der Waals surface area contributed by atoms with Crippen molar-refractivity contribution < 1.29 is 17.6 Å². The molecule has 0 aliphatic carbocycles. The molecule has 0 atom stereocenters. The number of aromatic amines is 1. The molecule has 5 rings (SSSR count). The molecule has 3 heterocycles. The quantitative estimate of drug-likeness (QED) is 0.618. The summed E-state index contributed by atoms with van der Waals surface area (Å²) in [6, 6.07) is 11.2. The maximum Gasteiger partial charge on any atom is 0.255 e. The summed E-state index contributed by atoms with van der Waals surface area (Å²) in [4.78, 5) is 18.2. The lowest BCUT2D eigenvalue weighted by Crippen LogP contribution is -2.38. The molecule has 1 aromatic heterocycles. The highest BCUT2D eigenvalue weighted by Crippen LogP contribution is 2.31. The molecule has 0 bridgehead atoms.